The van der Waals surface area contributed by atoms with Crippen LogP contribution in [0.3, 0.4) is 0 Å². The van der Waals surface area contributed by atoms with Gasteiger partial charge in [-0.25, -0.2) is 4.98 Å². The van der Waals surface area contributed by atoms with Crippen LogP contribution in [0.4, 0.5) is 0 Å². The minimum atomic E-state index is 0.130. The van der Waals surface area contributed by atoms with Gasteiger partial charge in [0.1, 0.15) is 0 Å². The fraction of sp³-hybridized carbons (Fsp3) is 0.500. The van der Waals surface area contributed by atoms with E-state index in [0.29, 0.717) is 0 Å². The fourth-order valence-electron chi connectivity index (χ4n) is 1.56. The Morgan fingerprint density at radius 1 is 1.11 bits per heavy atom. The van der Waals surface area contributed by atoms with Gasteiger partial charge in [0.15, 0.2) is 0 Å². The van der Waals surface area contributed by atoms with Crippen LogP contribution in [-0.4, -0.2) is 15.0 Å². The number of thiazole rings is 1. The van der Waals surface area contributed by atoms with Crippen molar-refractivity contribution in [1.82, 2.24) is 20.3 Å². The quantitative estimate of drug-likeness (QED) is 0.933. The molecule has 0 aliphatic rings. The highest BCUT2D eigenvalue weighted by molar-refractivity contribution is 7.09. The van der Waals surface area contributed by atoms with Gasteiger partial charge in [-0.05, 0) is 6.92 Å². The van der Waals surface area contributed by atoms with Crippen LogP contribution < -0.4 is 5.32 Å². The average Bonchev–Trinajstić information content (AvgIpc) is 2.80. The van der Waals surface area contributed by atoms with E-state index >= 15 is 0 Å². The Bertz CT molecular complexity index is 525. The van der Waals surface area contributed by atoms with Crippen molar-refractivity contribution in [3.8, 4) is 0 Å². The predicted molar refractivity (Wildman–Crippen MR) is 78.1 cm³/mol. The Morgan fingerprint density at radius 3 is 2.42 bits per heavy atom. The first-order valence-electron chi connectivity index (χ1n) is 6.38. The third-order valence-corrected chi connectivity index (χ3v) is 3.96. The van der Waals surface area contributed by atoms with Crippen molar-refractivity contribution < 1.29 is 0 Å². The molecular weight excluding hydrogens is 256 g/mol. The summed E-state index contributed by atoms with van der Waals surface area (Å²) in [6.45, 7) is 9.98. The SMILES string of the molecule is Cc1cnc(CNCc2csc(C(C)(C)C)n2)cn1. The molecule has 0 saturated heterocycles. The number of hydrogen-bond donors (Lipinski definition) is 1. The van der Waals surface area contributed by atoms with Gasteiger partial charge in [-0.15, -0.1) is 11.3 Å². The largest absolute Gasteiger partial charge is 0.305 e. The lowest BCUT2D eigenvalue weighted by atomic mass is 9.98. The van der Waals surface area contributed by atoms with Crippen LogP contribution in [0.2, 0.25) is 0 Å². The molecule has 2 aromatic heterocycles. The third-order valence-electron chi connectivity index (χ3n) is 2.64. The van der Waals surface area contributed by atoms with E-state index in [9.17, 15) is 0 Å². The predicted octanol–water partition coefficient (Wildman–Crippen LogP) is 2.83. The summed E-state index contributed by atoms with van der Waals surface area (Å²) < 4.78 is 0. The monoisotopic (exact) mass is 276 g/mol. The van der Waals surface area contributed by atoms with E-state index in [0.717, 1.165) is 30.2 Å². The second kappa shape index (κ2) is 5.75. The number of nitrogens with zero attached hydrogens (tertiary/aromatic N) is 3. The fourth-order valence-corrected chi connectivity index (χ4v) is 2.47. The third kappa shape index (κ3) is 4.08. The molecule has 5 heteroatoms. The summed E-state index contributed by atoms with van der Waals surface area (Å²) in [5.74, 6) is 0. The van der Waals surface area contributed by atoms with E-state index in [1.54, 1.807) is 17.5 Å². The molecule has 0 atom stereocenters. The molecule has 102 valence electrons. The van der Waals surface area contributed by atoms with Crippen LogP contribution in [0.5, 0.6) is 0 Å². The molecule has 1 N–H and O–H groups in total. The molecule has 0 spiro atoms. The van der Waals surface area contributed by atoms with E-state index in [2.05, 4.69) is 46.4 Å². The normalized spacial score (nSPS) is 11.8. The summed E-state index contributed by atoms with van der Waals surface area (Å²) in [6.07, 6.45) is 3.60. The Hall–Kier alpha value is -1.33. The Labute approximate surface area is 118 Å². The first kappa shape index (κ1) is 14.1. The summed E-state index contributed by atoms with van der Waals surface area (Å²) in [5.41, 5.74) is 3.12. The molecule has 0 unspecified atom stereocenters. The average molecular weight is 276 g/mol. The highest BCUT2D eigenvalue weighted by atomic mass is 32.1. The van der Waals surface area contributed by atoms with Crippen molar-refractivity contribution in [1.29, 1.82) is 0 Å². The highest BCUT2D eigenvalue weighted by Crippen LogP contribution is 2.25. The second-order valence-corrected chi connectivity index (χ2v) is 6.50. The van der Waals surface area contributed by atoms with Gasteiger partial charge in [0, 0.05) is 36.3 Å². The summed E-state index contributed by atoms with van der Waals surface area (Å²) in [5, 5.41) is 6.64. The molecule has 0 radical (unpaired) electrons. The molecule has 0 aromatic carbocycles. The lowest BCUT2D eigenvalue weighted by molar-refractivity contribution is 0.579. The molecule has 2 heterocycles. The van der Waals surface area contributed by atoms with E-state index in [1.165, 1.54) is 5.01 Å². The molecule has 2 rings (SSSR count). The molecule has 0 aliphatic carbocycles. The first-order chi connectivity index (χ1) is 8.95. The maximum atomic E-state index is 4.65. The Kier molecular flexibility index (Phi) is 4.27. The molecule has 0 bridgehead atoms. The van der Waals surface area contributed by atoms with Gasteiger partial charge in [0.25, 0.3) is 0 Å². The van der Waals surface area contributed by atoms with Gasteiger partial charge in [-0.2, -0.15) is 0 Å². The molecule has 0 fully saturated rings. The van der Waals surface area contributed by atoms with Crippen LogP contribution in [-0.2, 0) is 18.5 Å². The zero-order valence-electron chi connectivity index (χ0n) is 11.9. The van der Waals surface area contributed by atoms with E-state index in [4.69, 9.17) is 0 Å². The summed E-state index contributed by atoms with van der Waals surface area (Å²) in [4.78, 5) is 13.2. The molecule has 0 amide bonds. The smallest absolute Gasteiger partial charge is 0.0982 e. The number of aromatic nitrogens is 3. The van der Waals surface area contributed by atoms with E-state index in [-0.39, 0.29) is 5.41 Å². The van der Waals surface area contributed by atoms with E-state index in [1.807, 2.05) is 13.1 Å². The van der Waals surface area contributed by atoms with Crippen LogP contribution >= 0.6 is 11.3 Å². The lowest BCUT2D eigenvalue weighted by Crippen LogP contribution is -2.15. The van der Waals surface area contributed by atoms with Crippen molar-refractivity contribution in [3.63, 3.8) is 0 Å². The Morgan fingerprint density at radius 2 is 1.84 bits per heavy atom. The number of rotatable bonds is 4. The van der Waals surface area contributed by atoms with Crippen molar-refractivity contribution in [2.75, 3.05) is 0 Å². The van der Waals surface area contributed by atoms with Crippen molar-refractivity contribution in [2.24, 2.45) is 0 Å². The van der Waals surface area contributed by atoms with Gasteiger partial charge in [0.05, 0.1) is 22.1 Å². The van der Waals surface area contributed by atoms with Crippen LogP contribution in [0.25, 0.3) is 0 Å². The lowest BCUT2D eigenvalue weighted by Gasteiger charge is -2.13. The zero-order chi connectivity index (χ0) is 13.9. The molecule has 2 aromatic rings. The molecule has 0 aliphatic heterocycles. The molecule has 4 nitrogen and oxygen atoms in total. The van der Waals surface area contributed by atoms with Gasteiger partial charge in [-0.1, -0.05) is 20.8 Å². The van der Waals surface area contributed by atoms with Crippen molar-refractivity contribution in [2.45, 2.75) is 46.2 Å². The number of nitrogens with one attached hydrogen (secondary N) is 1. The molecule has 19 heavy (non-hydrogen) atoms. The zero-order valence-corrected chi connectivity index (χ0v) is 12.7. The maximum absolute atomic E-state index is 4.65. The topological polar surface area (TPSA) is 50.7 Å². The van der Waals surface area contributed by atoms with Gasteiger partial charge < -0.3 is 5.32 Å². The minimum absolute atomic E-state index is 0.130. The highest BCUT2D eigenvalue weighted by Gasteiger charge is 2.17. The van der Waals surface area contributed by atoms with Gasteiger partial charge >= 0.3 is 0 Å². The summed E-state index contributed by atoms with van der Waals surface area (Å²) >= 11 is 1.73. The molecule has 0 saturated carbocycles. The maximum Gasteiger partial charge on any atom is 0.0982 e. The van der Waals surface area contributed by atoms with Crippen LogP contribution in [0.1, 0.15) is 42.9 Å². The van der Waals surface area contributed by atoms with Gasteiger partial charge in [0.2, 0.25) is 0 Å². The standard InChI is InChI=1S/C14H20N4S/c1-10-5-17-11(8-16-10)6-15-7-12-9-19-13(18-12)14(2,3)4/h5,8-9,15H,6-7H2,1-4H3. The van der Waals surface area contributed by atoms with Crippen LogP contribution in [0.15, 0.2) is 17.8 Å². The summed E-state index contributed by atoms with van der Waals surface area (Å²) in [6, 6.07) is 0. The molecular formula is C14H20N4S. The van der Waals surface area contributed by atoms with Crippen molar-refractivity contribution in [3.05, 3.63) is 39.9 Å². The number of aryl methyl sites for hydroxylation is 1. The van der Waals surface area contributed by atoms with Crippen molar-refractivity contribution >= 4 is 11.3 Å². The summed E-state index contributed by atoms with van der Waals surface area (Å²) in [7, 11) is 0. The first-order valence-corrected chi connectivity index (χ1v) is 7.26. The second-order valence-electron chi connectivity index (χ2n) is 5.65. The van der Waals surface area contributed by atoms with Gasteiger partial charge in [-0.3, -0.25) is 9.97 Å². The van der Waals surface area contributed by atoms with E-state index < -0.39 is 0 Å². The minimum Gasteiger partial charge on any atom is -0.305 e. The van der Waals surface area contributed by atoms with Crippen LogP contribution in [0, 0.1) is 6.92 Å². The number of hydrogen-bond acceptors (Lipinski definition) is 5. The Balaban J connectivity index is 1.86.